The first-order valence-electron chi connectivity index (χ1n) is 6.32. The molecule has 0 saturated carbocycles. The Morgan fingerprint density at radius 3 is 2.53 bits per heavy atom. The molecule has 1 aliphatic heterocycles. The van der Waals surface area contributed by atoms with E-state index < -0.39 is 0 Å². The van der Waals surface area contributed by atoms with Gasteiger partial charge in [0.15, 0.2) is 0 Å². The number of carbonyl (C=O) groups excluding carboxylic acids is 1. The predicted molar refractivity (Wildman–Crippen MR) is 67.3 cm³/mol. The minimum Gasteiger partial charge on any atom is -0.342 e. The van der Waals surface area contributed by atoms with Crippen LogP contribution in [0.5, 0.6) is 0 Å². The third-order valence-electron chi connectivity index (χ3n) is 3.29. The van der Waals surface area contributed by atoms with E-state index in [0.29, 0.717) is 6.54 Å². The molecular weight excluding hydrogens is 214 g/mol. The zero-order valence-corrected chi connectivity index (χ0v) is 11.2. The van der Waals surface area contributed by atoms with Gasteiger partial charge in [-0.15, -0.1) is 0 Å². The van der Waals surface area contributed by atoms with Crippen molar-refractivity contribution in [2.45, 2.75) is 33.1 Å². The smallest absolute Gasteiger partial charge is 0.236 e. The Bertz CT molecular complexity index is 300. The lowest BCUT2D eigenvalue weighted by molar-refractivity contribution is -0.131. The number of carbonyl (C=O) groups is 1. The van der Waals surface area contributed by atoms with Crippen LogP contribution in [0, 0.1) is 16.7 Å². The molecule has 4 heteroatoms. The first-order chi connectivity index (χ1) is 7.94. The molecule has 0 bridgehead atoms. The van der Waals surface area contributed by atoms with Crippen LogP contribution in [-0.4, -0.2) is 48.9 Å². The third kappa shape index (κ3) is 4.74. The molecule has 1 heterocycles. The Morgan fingerprint density at radius 2 is 2.00 bits per heavy atom. The highest BCUT2D eigenvalue weighted by Crippen LogP contribution is 2.18. The lowest BCUT2D eigenvalue weighted by atomic mass is 9.91. The highest BCUT2D eigenvalue weighted by Gasteiger charge is 2.21. The Balaban J connectivity index is 2.27. The molecule has 1 saturated heterocycles. The average Bonchev–Trinajstić information content (AvgIpc) is 2.80. The summed E-state index contributed by atoms with van der Waals surface area (Å²) in [6.07, 6.45) is 3.07. The van der Waals surface area contributed by atoms with Crippen molar-refractivity contribution in [3.05, 3.63) is 0 Å². The summed E-state index contributed by atoms with van der Waals surface area (Å²) in [4.78, 5) is 15.8. The number of rotatable bonds is 5. The molecule has 1 amide bonds. The lowest BCUT2D eigenvalue weighted by Crippen LogP contribution is -2.38. The van der Waals surface area contributed by atoms with Gasteiger partial charge in [-0.1, -0.05) is 0 Å². The molecule has 0 radical (unpaired) electrons. The summed E-state index contributed by atoms with van der Waals surface area (Å²) in [7, 11) is 1.95. The third-order valence-corrected chi connectivity index (χ3v) is 3.29. The molecule has 0 N–H and O–H groups in total. The first kappa shape index (κ1) is 14.0. The van der Waals surface area contributed by atoms with Crippen molar-refractivity contribution < 1.29 is 4.79 Å². The highest BCUT2D eigenvalue weighted by molar-refractivity contribution is 5.78. The lowest BCUT2D eigenvalue weighted by Gasteiger charge is -2.23. The molecule has 17 heavy (non-hydrogen) atoms. The summed E-state index contributed by atoms with van der Waals surface area (Å²) < 4.78 is 0. The van der Waals surface area contributed by atoms with E-state index in [1.807, 2.05) is 30.7 Å². The highest BCUT2D eigenvalue weighted by atomic mass is 16.2. The second-order valence-corrected chi connectivity index (χ2v) is 5.57. The van der Waals surface area contributed by atoms with E-state index in [0.717, 1.165) is 38.9 Å². The second-order valence-electron chi connectivity index (χ2n) is 5.57. The van der Waals surface area contributed by atoms with Crippen LogP contribution in [0.2, 0.25) is 0 Å². The van der Waals surface area contributed by atoms with Crippen molar-refractivity contribution in [3.8, 4) is 6.07 Å². The van der Waals surface area contributed by atoms with Crippen molar-refractivity contribution in [1.29, 1.82) is 5.26 Å². The second kappa shape index (κ2) is 6.02. The van der Waals surface area contributed by atoms with E-state index in [1.54, 1.807) is 0 Å². The summed E-state index contributed by atoms with van der Waals surface area (Å²) in [6, 6.07) is 2.28. The maximum atomic E-state index is 11.9. The Morgan fingerprint density at radius 1 is 1.41 bits per heavy atom. The molecule has 96 valence electrons. The fourth-order valence-electron chi connectivity index (χ4n) is 1.90. The monoisotopic (exact) mass is 237 g/mol. The topological polar surface area (TPSA) is 47.3 Å². The molecule has 0 spiro atoms. The number of hydrogen-bond acceptors (Lipinski definition) is 3. The molecule has 0 aromatic heterocycles. The van der Waals surface area contributed by atoms with E-state index in [4.69, 9.17) is 5.26 Å². The van der Waals surface area contributed by atoms with Crippen LogP contribution in [0.1, 0.15) is 33.1 Å². The summed E-state index contributed by atoms with van der Waals surface area (Å²) in [6.45, 7) is 6.96. The van der Waals surface area contributed by atoms with Gasteiger partial charge in [0.1, 0.15) is 0 Å². The van der Waals surface area contributed by atoms with E-state index in [9.17, 15) is 4.79 Å². The van der Waals surface area contributed by atoms with Gasteiger partial charge >= 0.3 is 0 Å². The number of nitriles is 1. The Labute approximate surface area is 104 Å². The van der Waals surface area contributed by atoms with Crippen LogP contribution in [0.25, 0.3) is 0 Å². The molecule has 1 rings (SSSR count). The van der Waals surface area contributed by atoms with E-state index in [-0.39, 0.29) is 11.3 Å². The first-order valence-corrected chi connectivity index (χ1v) is 6.32. The standard InChI is InChI=1S/C13H23N3O/c1-13(2,11-14)6-9-15(3)10-12(17)16-7-4-5-8-16/h4-10H2,1-3H3. The summed E-state index contributed by atoms with van der Waals surface area (Å²) in [5.74, 6) is 0.222. The van der Waals surface area contributed by atoms with Crippen LogP contribution in [0.3, 0.4) is 0 Å². The van der Waals surface area contributed by atoms with Crippen molar-refractivity contribution in [2.75, 3.05) is 33.2 Å². The van der Waals surface area contributed by atoms with Gasteiger partial charge < -0.3 is 4.90 Å². The SMILES string of the molecule is CN(CCC(C)(C)C#N)CC(=O)N1CCCC1. The summed E-state index contributed by atoms with van der Waals surface area (Å²) in [5, 5.41) is 8.92. The molecule has 1 aliphatic rings. The fourth-order valence-corrected chi connectivity index (χ4v) is 1.90. The Hall–Kier alpha value is -1.08. The average molecular weight is 237 g/mol. The number of likely N-dealkylation sites (tertiary alicyclic amines) is 1. The van der Waals surface area contributed by atoms with Crippen LogP contribution in [-0.2, 0) is 4.79 Å². The van der Waals surface area contributed by atoms with Crippen molar-refractivity contribution in [1.82, 2.24) is 9.80 Å². The normalized spacial score (nSPS) is 16.3. The zero-order valence-electron chi connectivity index (χ0n) is 11.2. The van der Waals surface area contributed by atoms with E-state index in [2.05, 4.69) is 6.07 Å². The van der Waals surface area contributed by atoms with Gasteiger partial charge in [0.25, 0.3) is 0 Å². The van der Waals surface area contributed by atoms with Crippen LogP contribution >= 0.6 is 0 Å². The molecule has 0 aromatic rings. The van der Waals surface area contributed by atoms with Crippen LogP contribution in [0.15, 0.2) is 0 Å². The van der Waals surface area contributed by atoms with E-state index in [1.165, 1.54) is 0 Å². The zero-order chi connectivity index (χ0) is 12.9. The molecule has 0 atom stereocenters. The molecule has 0 aliphatic carbocycles. The maximum Gasteiger partial charge on any atom is 0.236 e. The fraction of sp³-hybridized carbons (Fsp3) is 0.846. The largest absolute Gasteiger partial charge is 0.342 e. The summed E-state index contributed by atoms with van der Waals surface area (Å²) in [5.41, 5.74) is -0.301. The maximum absolute atomic E-state index is 11.9. The minimum absolute atomic E-state index is 0.222. The number of amides is 1. The van der Waals surface area contributed by atoms with E-state index >= 15 is 0 Å². The van der Waals surface area contributed by atoms with Gasteiger partial charge in [-0.25, -0.2) is 0 Å². The molecule has 4 nitrogen and oxygen atoms in total. The van der Waals surface area contributed by atoms with Crippen LogP contribution < -0.4 is 0 Å². The van der Waals surface area contributed by atoms with Crippen molar-refractivity contribution >= 4 is 5.91 Å². The molecule has 0 aromatic carbocycles. The van der Waals surface area contributed by atoms with Crippen molar-refractivity contribution in [3.63, 3.8) is 0 Å². The molecule has 1 fully saturated rings. The molecule has 0 unspecified atom stereocenters. The van der Waals surface area contributed by atoms with Gasteiger partial charge in [-0.05, 0) is 46.7 Å². The van der Waals surface area contributed by atoms with Gasteiger partial charge in [0, 0.05) is 13.1 Å². The Kier molecular flexibility index (Phi) is 4.95. The number of hydrogen-bond donors (Lipinski definition) is 0. The summed E-state index contributed by atoms with van der Waals surface area (Å²) >= 11 is 0. The number of likely N-dealkylation sites (N-methyl/N-ethyl adjacent to an activating group) is 1. The van der Waals surface area contributed by atoms with Gasteiger partial charge in [0.2, 0.25) is 5.91 Å². The van der Waals surface area contributed by atoms with Crippen LogP contribution in [0.4, 0.5) is 0 Å². The minimum atomic E-state index is -0.301. The van der Waals surface area contributed by atoms with Crippen molar-refractivity contribution in [2.24, 2.45) is 5.41 Å². The van der Waals surface area contributed by atoms with Gasteiger partial charge in [0.05, 0.1) is 18.0 Å². The van der Waals surface area contributed by atoms with Gasteiger partial charge in [-0.3, -0.25) is 9.69 Å². The number of nitrogens with zero attached hydrogens (tertiary/aromatic N) is 3. The molecular formula is C13H23N3O. The van der Waals surface area contributed by atoms with Gasteiger partial charge in [-0.2, -0.15) is 5.26 Å². The predicted octanol–water partition coefficient (Wildman–Crippen LogP) is 1.48. The quantitative estimate of drug-likeness (QED) is 0.727.